The van der Waals surface area contributed by atoms with Gasteiger partial charge >= 0.3 is 0 Å². The molecule has 1 aliphatic carbocycles. The van der Waals surface area contributed by atoms with E-state index in [0.29, 0.717) is 12.0 Å². The molecule has 2 aromatic rings. The van der Waals surface area contributed by atoms with Crippen molar-refractivity contribution in [3.05, 3.63) is 65.5 Å². The number of aromatic nitrogens is 1. The Morgan fingerprint density at radius 2 is 1.69 bits per heavy atom. The summed E-state index contributed by atoms with van der Waals surface area (Å²) < 4.78 is 2.47. The van der Waals surface area contributed by atoms with Crippen LogP contribution in [-0.2, 0) is 0 Å². The Kier molecular flexibility index (Phi) is 1.57. The van der Waals surface area contributed by atoms with Crippen molar-refractivity contribution in [3.63, 3.8) is 0 Å². The highest BCUT2D eigenvalue weighted by atomic mass is 15.0. The van der Waals surface area contributed by atoms with Gasteiger partial charge in [-0.2, -0.15) is 4.57 Å². The van der Waals surface area contributed by atoms with Gasteiger partial charge in [-0.05, 0) is 12.0 Å². The Balaban J connectivity index is 2.04. The highest BCUT2D eigenvalue weighted by Gasteiger charge is 2.42. The normalized spacial score (nSPS) is 25.0. The third-order valence-electron chi connectivity index (χ3n) is 4.07. The lowest BCUT2D eigenvalue weighted by atomic mass is 9.74. The predicted octanol–water partition coefficient (Wildman–Crippen LogP) is 2.80. The number of hydrogen-bond acceptors (Lipinski definition) is 0. The van der Waals surface area contributed by atoms with Crippen molar-refractivity contribution in [2.45, 2.75) is 24.8 Å². The van der Waals surface area contributed by atoms with Gasteiger partial charge in [0.05, 0.1) is 5.92 Å². The second kappa shape index (κ2) is 2.94. The summed E-state index contributed by atoms with van der Waals surface area (Å²) in [7, 11) is 0. The minimum Gasteiger partial charge on any atom is -0.195 e. The van der Waals surface area contributed by atoms with E-state index >= 15 is 0 Å². The fraction of sp³-hybridized carbons (Fsp3) is 0.267. The topological polar surface area (TPSA) is 3.88 Å². The van der Waals surface area contributed by atoms with E-state index in [-0.39, 0.29) is 0 Å². The zero-order valence-electron chi connectivity index (χ0n) is 9.13. The molecular weight excluding hydrogens is 194 g/mol. The average Bonchev–Trinajstić information content (AvgIpc) is 2.40. The van der Waals surface area contributed by atoms with Crippen LogP contribution >= 0.6 is 0 Å². The van der Waals surface area contributed by atoms with Gasteiger partial charge in [0, 0.05) is 24.1 Å². The molecule has 0 spiro atoms. The van der Waals surface area contributed by atoms with E-state index in [1.807, 2.05) is 0 Å². The van der Waals surface area contributed by atoms with Gasteiger partial charge in [-0.3, -0.25) is 0 Å². The lowest BCUT2D eigenvalue weighted by molar-refractivity contribution is -0.730. The van der Waals surface area contributed by atoms with Crippen molar-refractivity contribution < 1.29 is 4.57 Å². The highest BCUT2D eigenvalue weighted by molar-refractivity contribution is 5.40. The van der Waals surface area contributed by atoms with E-state index < -0.39 is 0 Å². The maximum atomic E-state index is 2.47. The summed E-state index contributed by atoms with van der Waals surface area (Å²) in [4.78, 5) is 0. The van der Waals surface area contributed by atoms with E-state index in [0.717, 1.165) is 0 Å². The lowest BCUT2D eigenvalue weighted by Crippen LogP contribution is -2.51. The fourth-order valence-electron chi connectivity index (χ4n) is 3.41. The van der Waals surface area contributed by atoms with E-state index in [2.05, 4.69) is 53.2 Å². The van der Waals surface area contributed by atoms with Crippen LogP contribution in [0.25, 0.3) is 0 Å². The number of hydrogen-bond donors (Lipinski definition) is 0. The molecule has 0 saturated heterocycles. The summed E-state index contributed by atoms with van der Waals surface area (Å²) in [6, 6.07) is 16.1. The Morgan fingerprint density at radius 3 is 2.62 bits per heavy atom. The fourth-order valence-corrected chi connectivity index (χ4v) is 3.41. The maximum absolute atomic E-state index is 2.47. The van der Waals surface area contributed by atoms with Crippen LogP contribution in [0.3, 0.4) is 0 Å². The molecule has 2 aliphatic heterocycles. The Morgan fingerprint density at radius 1 is 0.875 bits per heavy atom. The van der Waals surface area contributed by atoms with Crippen LogP contribution in [0.2, 0.25) is 0 Å². The molecule has 1 nitrogen and oxygen atoms in total. The van der Waals surface area contributed by atoms with E-state index in [1.165, 1.54) is 18.5 Å². The largest absolute Gasteiger partial charge is 0.195 e. The quantitative estimate of drug-likeness (QED) is 0.586. The predicted molar refractivity (Wildman–Crippen MR) is 62.3 cm³/mol. The second-order valence-corrected chi connectivity index (χ2v) is 4.81. The smallest absolute Gasteiger partial charge is 0.189 e. The van der Waals surface area contributed by atoms with Gasteiger partial charge in [0.25, 0.3) is 0 Å². The summed E-state index contributed by atoms with van der Waals surface area (Å²) in [5, 5.41) is 0. The van der Waals surface area contributed by atoms with Crippen molar-refractivity contribution in [3.8, 4) is 0 Å². The number of nitrogens with zero attached hydrogens (tertiary/aromatic N) is 1. The molecule has 2 atom stereocenters. The Labute approximate surface area is 95.4 Å². The first-order valence-electron chi connectivity index (χ1n) is 6.04. The highest BCUT2D eigenvalue weighted by Crippen LogP contribution is 2.44. The Bertz CT molecular complexity index is 461. The van der Waals surface area contributed by atoms with Gasteiger partial charge in [0.1, 0.15) is 0 Å². The minimum atomic E-state index is 0.581. The molecule has 0 saturated carbocycles. The first kappa shape index (κ1) is 8.51. The standard InChI is InChI=1S/C15H14N/c1-2-6-12-11(5-1)13-8-9-15(12)16-10-4-3-7-14(13)16/h1-7,10,13,15H,8-9H2/q+1/t13-,15-/m1/s1. The SMILES string of the molecule is c1ccc2c(c1)[C@H]1CC[C@H]2[n+]2ccccc21. The number of pyridine rings is 1. The van der Waals surface area contributed by atoms with Crippen LogP contribution in [0.1, 0.15) is 41.6 Å². The van der Waals surface area contributed by atoms with Crippen LogP contribution in [0.5, 0.6) is 0 Å². The summed E-state index contributed by atoms with van der Waals surface area (Å²) in [5.74, 6) is 0.627. The van der Waals surface area contributed by atoms with Gasteiger partial charge < -0.3 is 0 Å². The van der Waals surface area contributed by atoms with Gasteiger partial charge in [0.15, 0.2) is 17.9 Å². The summed E-state index contributed by atoms with van der Waals surface area (Å²) in [6.07, 6.45) is 4.84. The molecular formula is C15H14N+. The van der Waals surface area contributed by atoms with Crippen molar-refractivity contribution in [2.75, 3.05) is 0 Å². The van der Waals surface area contributed by atoms with E-state index in [1.54, 1.807) is 11.1 Å². The summed E-state index contributed by atoms with van der Waals surface area (Å²) in [5.41, 5.74) is 4.60. The molecule has 2 bridgehead atoms. The molecule has 0 radical (unpaired) electrons. The van der Waals surface area contributed by atoms with Crippen molar-refractivity contribution in [1.82, 2.24) is 0 Å². The zero-order chi connectivity index (χ0) is 10.5. The van der Waals surface area contributed by atoms with Crippen molar-refractivity contribution >= 4 is 0 Å². The molecule has 1 aromatic heterocycles. The summed E-state index contributed by atoms with van der Waals surface area (Å²) in [6.45, 7) is 0. The van der Waals surface area contributed by atoms with Crippen molar-refractivity contribution in [1.29, 1.82) is 0 Å². The molecule has 16 heavy (non-hydrogen) atoms. The molecule has 78 valence electrons. The van der Waals surface area contributed by atoms with Crippen LogP contribution < -0.4 is 4.57 Å². The second-order valence-electron chi connectivity index (χ2n) is 4.81. The molecule has 0 unspecified atom stereocenters. The maximum Gasteiger partial charge on any atom is 0.189 e. The zero-order valence-corrected chi connectivity index (χ0v) is 9.13. The molecule has 0 fully saturated rings. The minimum absolute atomic E-state index is 0.581. The number of rotatable bonds is 0. The number of benzene rings is 1. The average molecular weight is 208 g/mol. The first-order valence-corrected chi connectivity index (χ1v) is 6.04. The molecule has 5 rings (SSSR count). The molecule has 3 heterocycles. The molecule has 0 N–H and O–H groups in total. The van der Waals surface area contributed by atoms with E-state index in [4.69, 9.17) is 0 Å². The van der Waals surface area contributed by atoms with E-state index in [9.17, 15) is 0 Å². The van der Waals surface area contributed by atoms with Crippen LogP contribution in [0.4, 0.5) is 0 Å². The van der Waals surface area contributed by atoms with Crippen LogP contribution in [-0.4, -0.2) is 0 Å². The molecule has 3 aliphatic rings. The monoisotopic (exact) mass is 208 g/mol. The van der Waals surface area contributed by atoms with Gasteiger partial charge in [-0.25, -0.2) is 0 Å². The molecule has 1 heteroatoms. The van der Waals surface area contributed by atoms with Gasteiger partial charge in [-0.1, -0.05) is 30.3 Å². The molecule has 0 amide bonds. The first-order chi connectivity index (χ1) is 7.95. The third kappa shape index (κ3) is 0.934. The van der Waals surface area contributed by atoms with Crippen LogP contribution in [0, 0.1) is 0 Å². The summed E-state index contributed by atoms with van der Waals surface area (Å²) >= 11 is 0. The lowest BCUT2D eigenvalue weighted by Gasteiger charge is -2.34. The van der Waals surface area contributed by atoms with Gasteiger partial charge in [0.2, 0.25) is 0 Å². The molecule has 1 aromatic carbocycles. The van der Waals surface area contributed by atoms with Gasteiger partial charge in [-0.15, -0.1) is 0 Å². The Hall–Kier alpha value is -1.63. The number of fused-ring (bicyclic) bond motifs is 1. The van der Waals surface area contributed by atoms with Crippen LogP contribution in [0.15, 0.2) is 48.7 Å². The third-order valence-corrected chi connectivity index (χ3v) is 4.07. The van der Waals surface area contributed by atoms with Crippen molar-refractivity contribution in [2.24, 2.45) is 0 Å².